The van der Waals surface area contributed by atoms with Crippen LogP contribution in [-0.2, 0) is 6.42 Å². The van der Waals surface area contributed by atoms with Crippen molar-refractivity contribution >= 4 is 11.3 Å². The minimum absolute atomic E-state index is 0.0141. The Morgan fingerprint density at radius 2 is 2.32 bits per heavy atom. The van der Waals surface area contributed by atoms with E-state index in [4.69, 9.17) is 15.3 Å². The molecule has 19 heavy (non-hydrogen) atoms. The molecule has 2 heterocycles. The van der Waals surface area contributed by atoms with Gasteiger partial charge in [0.15, 0.2) is 0 Å². The van der Waals surface area contributed by atoms with E-state index in [1.165, 1.54) is 5.56 Å². The van der Waals surface area contributed by atoms with Gasteiger partial charge in [0.2, 0.25) is 0 Å². The van der Waals surface area contributed by atoms with Crippen LogP contribution in [0.5, 0.6) is 11.5 Å². The van der Waals surface area contributed by atoms with Crippen LogP contribution in [0.2, 0.25) is 0 Å². The second-order valence-corrected chi connectivity index (χ2v) is 5.40. The average Bonchev–Trinajstić information content (AvgIpc) is 3.07. The molecule has 0 bridgehead atoms. The molecule has 0 radical (unpaired) electrons. The Morgan fingerprint density at radius 1 is 1.42 bits per heavy atom. The summed E-state index contributed by atoms with van der Waals surface area (Å²) in [5.74, 6) is 7.57. The molecule has 3 rings (SSSR count). The van der Waals surface area contributed by atoms with Crippen LogP contribution in [0.15, 0.2) is 29.6 Å². The molecular weight excluding hydrogens is 260 g/mol. The Kier molecular flexibility index (Phi) is 3.42. The van der Waals surface area contributed by atoms with E-state index in [1.54, 1.807) is 18.4 Å². The summed E-state index contributed by atoms with van der Waals surface area (Å²) in [4.78, 5) is 1.14. The lowest BCUT2D eigenvalue weighted by atomic mass is 10.0. The van der Waals surface area contributed by atoms with Gasteiger partial charge in [-0.15, -0.1) is 11.3 Å². The van der Waals surface area contributed by atoms with Gasteiger partial charge in [0.1, 0.15) is 11.5 Å². The zero-order valence-electron chi connectivity index (χ0n) is 10.7. The van der Waals surface area contributed by atoms with Crippen LogP contribution in [-0.4, -0.2) is 13.7 Å². The third-order valence-corrected chi connectivity index (χ3v) is 4.31. The Morgan fingerprint density at radius 3 is 3.05 bits per heavy atom. The minimum Gasteiger partial charge on any atom is -0.496 e. The number of hydrogen-bond acceptors (Lipinski definition) is 5. The number of ether oxygens (including phenoxy) is 2. The van der Waals surface area contributed by atoms with E-state index in [9.17, 15) is 0 Å². The summed E-state index contributed by atoms with van der Waals surface area (Å²) in [7, 11) is 1.67. The SMILES string of the molecule is COc1csc(C(NN)c2ccc3c(c2)CCO3)c1. The fraction of sp³-hybridized carbons (Fsp3) is 0.286. The minimum atomic E-state index is -0.0141. The molecule has 0 fully saturated rings. The van der Waals surface area contributed by atoms with E-state index in [0.29, 0.717) is 0 Å². The molecule has 1 unspecified atom stereocenters. The lowest BCUT2D eigenvalue weighted by molar-refractivity contribution is 0.357. The number of nitrogens with one attached hydrogen (secondary N) is 1. The van der Waals surface area contributed by atoms with Gasteiger partial charge in [-0.1, -0.05) is 6.07 Å². The summed E-state index contributed by atoms with van der Waals surface area (Å²) >= 11 is 1.64. The highest BCUT2D eigenvalue weighted by atomic mass is 32.1. The van der Waals surface area contributed by atoms with Crippen LogP contribution in [0.4, 0.5) is 0 Å². The number of nitrogens with two attached hydrogens (primary N) is 1. The molecule has 0 saturated heterocycles. The van der Waals surface area contributed by atoms with E-state index in [-0.39, 0.29) is 6.04 Å². The van der Waals surface area contributed by atoms with Crippen molar-refractivity contribution in [3.05, 3.63) is 45.6 Å². The predicted octanol–water partition coefficient (Wildman–Crippen LogP) is 2.24. The standard InChI is InChI=1S/C14H16N2O2S/c1-17-11-7-13(19-8-11)14(16-15)10-2-3-12-9(6-10)4-5-18-12/h2-3,6-8,14,16H,4-5,15H2,1H3. The quantitative estimate of drug-likeness (QED) is 0.664. The molecule has 0 aliphatic carbocycles. The van der Waals surface area contributed by atoms with Crippen molar-refractivity contribution in [2.24, 2.45) is 5.84 Å². The zero-order chi connectivity index (χ0) is 13.2. The topological polar surface area (TPSA) is 56.5 Å². The van der Waals surface area contributed by atoms with E-state index in [2.05, 4.69) is 17.6 Å². The molecule has 1 atom stereocenters. The largest absolute Gasteiger partial charge is 0.496 e. The number of hydrogen-bond donors (Lipinski definition) is 2. The first kappa shape index (κ1) is 12.5. The number of fused-ring (bicyclic) bond motifs is 1. The second-order valence-electron chi connectivity index (χ2n) is 4.45. The highest BCUT2D eigenvalue weighted by Crippen LogP contribution is 2.34. The van der Waals surface area contributed by atoms with Gasteiger partial charge in [-0.2, -0.15) is 0 Å². The summed E-state index contributed by atoms with van der Waals surface area (Å²) in [5, 5.41) is 1.98. The number of methoxy groups -OCH3 is 1. The van der Waals surface area contributed by atoms with Gasteiger partial charge < -0.3 is 9.47 Å². The first-order chi connectivity index (χ1) is 9.31. The van der Waals surface area contributed by atoms with Crippen molar-refractivity contribution in [3.8, 4) is 11.5 Å². The molecule has 1 aromatic carbocycles. The van der Waals surface area contributed by atoms with Crippen LogP contribution < -0.4 is 20.7 Å². The monoisotopic (exact) mass is 276 g/mol. The predicted molar refractivity (Wildman–Crippen MR) is 75.7 cm³/mol. The fourth-order valence-corrected chi connectivity index (χ4v) is 3.26. The van der Waals surface area contributed by atoms with E-state index < -0.39 is 0 Å². The highest BCUT2D eigenvalue weighted by Gasteiger charge is 2.19. The first-order valence-electron chi connectivity index (χ1n) is 6.16. The molecule has 0 spiro atoms. The Hall–Kier alpha value is -1.56. The van der Waals surface area contributed by atoms with Crippen LogP contribution in [0.3, 0.4) is 0 Å². The molecule has 1 aliphatic rings. The maximum atomic E-state index is 5.72. The van der Waals surface area contributed by atoms with Crippen molar-refractivity contribution in [1.29, 1.82) is 0 Å². The molecule has 1 aliphatic heterocycles. The van der Waals surface area contributed by atoms with Gasteiger partial charge in [-0.3, -0.25) is 5.84 Å². The fourth-order valence-electron chi connectivity index (χ4n) is 2.32. The summed E-state index contributed by atoms with van der Waals surface area (Å²) in [6.07, 6.45) is 0.966. The molecular formula is C14H16N2O2S. The van der Waals surface area contributed by atoms with E-state index in [1.807, 2.05) is 17.5 Å². The Balaban J connectivity index is 1.93. The average molecular weight is 276 g/mol. The summed E-state index contributed by atoms with van der Waals surface area (Å²) in [6, 6.07) is 8.24. The first-order valence-corrected chi connectivity index (χ1v) is 7.04. The van der Waals surface area contributed by atoms with Gasteiger partial charge in [0, 0.05) is 16.7 Å². The molecule has 0 saturated carbocycles. The van der Waals surface area contributed by atoms with Gasteiger partial charge in [-0.05, 0) is 29.3 Å². The lowest BCUT2D eigenvalue weighted by Crippen LogP contribution is -2.28. The summed E-state index contributed by atoms with van der Waals surface area (Å²) < 4.78 is 10.7. The van der Waals surface area contributed by atoms with Crippen LogP contribution >= 0.6 is 11.3 Å². The van der Waals surface area contributed by atoms with Gasteiger partial charge in [0.25, 0.3) is 0 Å². The number of benzene rings is 1. The molecule has 100 valence electrons. The molecule has 3 N–H and O–H groups in total. The van der Waals surface area contributed by atoms with Crippen molar-refractivity contribution in [1.82, 2.24) is 5.43 Å². The lowest BCUT2D eigenvalue weighted by Gasteiger charge is -2.15. The van der Waals surface area contributed by atoms with Crippen LogP contribution in [0.25, 0.3) is 0 Å². The van der Waals surface area contributed by atoms with Crippen molar-refractivity contribution < 1.29 is 9.47 Å². The Labute approximate surface area is 116 Å². The summed E-state index contributed by atoms with van der Waals surface area (Å²) in [5.41, 5.74) is 5.28. The number of rotatable bonds is 4. The van der Waals surface area contributed by atoms with E-state index in [0.717, 1.165) is 35.0 Å². The van der Waals surface area contributed by atoms with Crippen molar-refractivity contribution in [2.45, 2.75) is 12.5 Å². The second kappa shape index (κ2) is 5.21. The third kappa shape index (κ3) is 2.32. The third-order valence-electron chi connectivity index (χ3n) is 3.33. The molecule has 4 nitrogen and oxygen atoms in total. The molecule has 0 amide bonds. The van der Waals surface area contributed by atoms with Crippen molar-refractivity contribution in [3.63, 3.8) is 0 Å². The molecule has 5 heteroatoms. The maximum Gasteiger partial charge on any atom is 0.129 e. The van der Waals surface area contributed by atoms with Gasteiger partial charge >= 0.3 is 0 Å². The van der Waals surface area contributed by atoms with Gasteiger partial charge in [-0.25, -0.2) is 5.43 Å². The number of hydrazine groups is 1. The maximum absolute atomic E-state index is 5.72. The molecule has 2 aromatic rings. The van der Waals surface area contributed by atoms with Crippen LogP contribution in [0, 0.1) is 0 Å². The number of thiophene rings is 1. The van der Waals surface area contributed by atoms with Crippen LogP contribution in [0.1, 0.15) is 22.0 Å². The smallest absolute Gasteiger partial charge is 0.129 e. The summed E-state index contributed by atoms with van der Waals surface area (Å²) in [6.45, 7) is 0.770. The zero-order valence-corrected chi connectivity index (χ0v) is 11.5. The normalized spacial score (nSPS) is 14.8. The molecule has 1 aromatic heterocycles. The highest BCUT2D eigenvalue weighted by molar-refractivity contribution is 7.10. The van der Waals surface area contributed by atoms with Gasteiger partial charge in [0.05, 0.1) is 19.8 Å². The Bertz CT molecular complexity index is 583. The van der Waals surface area contributed by atoms with Crippen molar-refractivity contribution in [2.75, 3.05) is 13.7 Å². The van der Waals surface area contributed by atoms with E-state index >= 15 is 0 Å².